The van der Waals surface area contributed by atoms with E-state index in [2.05, 4.69) is 5.32 Å². The Labute approximate surface area is 253 Å². The second kappa shape index (κ2) is 14.2. The van der Waals surface area contributed by atoms with Crippen molar-refractivity contribution in [3.63, 3.8) is 0 Å². The van der Waals surface area contributed by atoms with Crippen molar-refractivity contribution in [2.45, 2.75) is 64.9 Å². The summed E-state index contributed by atoms with van der Waals surface area (Å²) in [4.78, 5) is 28.6. The molecular formula is C31H37Cl2N3O4S. The lowest BCUT2D eigenvalue weighted by atomic mass is 10.1. The van der Waals surface area contributed by atoms with E-state index in [9.17, 15) is 18.0 Å². The number of anilines is 1. The molecule has 3 aromatic carbocycles. The summed E-state index contributed by atoms with van der Waals surface area (Å²) in [5.41, 5.74) is 3.49. The fourth-order valence-electron chi connectivity index (χ4n) is 4.31. The highest BCUT2D eigenvalue weighted by atomic mass is 35.5. The first-order valence-electron chi connectivity index (χ1n) is 13.5. The van der Waals surface area contributed by atoms with Crippen molar-refractivity contribution >= 4 is 50.7 Å². The molecule has 1 N–H and O–H groups in total. The number of benzene rings is 3. The van der Waals surface area contributed by atoms with Crippen LogP contribution in [-0.2, 0) is 26.2 Å². The molecule has 3 aromatic rings. The monoisotopic (exact) mass is 617 g/mol. The van der Waals surface area contributed by atoms with Gasteiger partial charge in [0.2, 0.25) is 11.8 Å². The van der Waals surface area contributed by atoms with Gasteiger partial charge >= 0.3 is 0 Å². The van der Waals surface area contributed by atoms with E-state index in [-0.39, 0.29) is 17.3 Å². The third-order valence-corrected chi connectivity index (χ3v) is 9.45. The van der Waals surface area contributed by atoms with Gasteiger partial charge in [0.1, 0.15) is 12.6 Å². The van der Waals surface area contributed by atoms with Crippen LogP contribution in [0.3, 0.4) is 0 Å². The van der Waals surface area contributed by atoms with Gasteiger partial charge in [-0.2, -0.15) is 0 Å². The molecule has 0 radical (unpaired) electrons. The minimum Gasteiger partial charge on any atom is -0.354 e. The zero-order valence-electron chi connectivity index (χ0n) is 24.1. The predicted molar refractivity (Wildman–Crippen MR) is 166 cm³/mol. The lowest BCUT2D eigenvalue weighted by molar-refractivity contribution is -0.139. The minimum atomic E-state index is -4.15. The topological polar surface area (TPSA) is 86.8 Å². The molecule has 0 bridgehead atoms. The Morgan fingerprint density at radius 3 is 2.29 bits per heavy atom. The summed E-state index contributed by atoms with van der Waals surface area (Å²) >= 11 is 12.5. The smallest absolute Gasteiger partial charge is 0.264 e. The lowest BCUT2D eigenvalue weighted by Crippen LogP contribution is -2.51. The maximum Gasteiger partial charge on any atom is 0.264 e. The average Bonchev–Trinajstić information content (AvgIpc) is 2.93. The fraction of sp³-hybridized carbons (Fsp3) is 0.355. The summed E-state index contributed by atoms with van der Waals surface area (Å²) in [6.07, 6.45) is 1.70. The number of hydrogen-bond donors (Lipinski definition) is 1. The maximum absolute atomic E-state index is 14.1. The first kappa shape index (κ1) is 32.4. The van der Waals surface area contributed by atoms with E-state index >= 15 is 0 Å². The van der Waals surface area contributed by atoms with Gasteiger partial charge in [-0.1, -0.05) is 72.4 Å². The van der Waals surface area contributed by atoms with Crippen LogP contribution in [-0.4, -0.2) is 44.3 Å². The molecule has 10 heteroatoms. The number of rotatable bonds is 12. The van der Waals surface area contributed by atoms with Crippen molar-refractivity contribution in [3.8, 4) is 0 Å². The van der Waals surface area contributed by atoms with Gasteiger partial charge in [-0.3, -0.25) is 13.9 Å². The molecule has 0 saturated heterocycles. The highest BCUT2D eigenvalue weighted by molar-refractivity contribution is 7.92. The summed E-state index contributed by atoms with van der Waals surface area (Å²) in [6, 6.07) is 15.8. The van der Waals surface area contributed by atoms with Gasteiger partial charge in [0, 0.05) is 23.1 Å². The van der Waals surface area contributed by atoms with Crippen LogP contribution in [0.4, 0.5) is 5.69 Å². The highest BCUT2D eigenvalue weighted by Crippen LogP contribution is 2.30. The number of amides is 2. The minimum absolute atomic E-state index is 0.0115. The van der Waals surface area contributed by atoms with Crippen LogP contribution in [0.25, 0.3) is 0 Å². The normalized spacial score (nSPS) is 12.1. The van der Waals surface area contributed by atoms with Gasteiger partial charge in [-0.05, 0) is 81.1 Å². The SMILES string of the molecule is CCCCNC(=O)C(C)N(Cc1ccc(Cl)cc1Cl)C(=O)CN(c1cccc(C)c1C)S(=O)(=O)c1ccc(C)cc1. The zero-order valence-corrected chi connectivity index (χ0v) is 26.4. The number of nitrogens with one attached hydrogen (secondary N) is 1. The standard InChI is InChI=1S/C31H37Cl2N3O4S/c1-6-7-17-34-31(38)24(5)35(19-25-13-14-26(32)18-28(25)33)30(37)20-36(29-10-8-9-22(3)23(29)4)41(39,40)27-15-11-21(2)12-16-27/h8-16,18,24H,6-7,17,19-20H2,1-5H3,(H,34,38). The zero-order chi connectivity index (χ0) is 30.3. The number of unbranched alkanes of at least 4 members (excludes halogenated alkanes) is 1. The van der Waals surface area contributed by atoms with Crippen molar-refractivity contribution in [1.82, 2.24) is 10.2 Å². The number of carbonyl (C=O) groups is 2. The van der Waals surface area contributed by atoms with Crippen molar-refractivity contribution in [2.75, 3.05) is 17.4 Å². The highest BCUT2D eigenvalue weighted by Gasteiger charge is 2.33. The first-order valence-corrected chi connectivity index (χ1v) is 15.7. The number of hydrogen-bond acceptors (Lipinski definition) is 4. The van der Waals surface area contributed by atoms with Gasteiger partial charge in [0.15, 0.2) is 0 Å². The Bertz CT molecular complexity index is 1490. The molecule has 1 atom stereocenters. The molecule has 0 aliphatic carbocycles. The van der Waals surface area contributed by atoms with E-state index in [4.69, 9.17) is 23.2 Å². The summed E-state index contributed by atoms with van der Waals surface area (Å²) in [7, 11) is -4.15. The van der Waals surface area contributed by atoms with E-state index in [1.807, 2.05) is 33.8 Å². The largest absolute Gasteiger partial charge is 0.354 e. The first-order chi connectivity index (χ1) is 19.4. The Kier molecular flexibility index (Phi) is 11.2. The van der Waals surface area contributed by atoms with E-state index in [0.29, 0.717) is 27.8 Å². The predicted octanol–water partition coefficient (Wildman–Crippen LogP) is 6.45. The summed E-state index contributed by atoms with van der Waals surface area (Å²) in [5, 5.41) is 3.65. The molecule has 2 amide bonds. The lowest BCUT2D eigenvalue weighted by Gasteiger charge is -2.32. The van der Waals surface area contributed by atoms with Crippen molar-refractivity contribution < 1.29 is 18.0 Å². The van der Waals surface area contributed by atoms with Crippen molar-refractivity contribution in [1.29, 1.82) is 0 Å². The second-order valence-electron chi connectivity index (χ2n) is 10.1. The molecule has 1 unspecified atom stereocenters. The van der Waals surface area contributed by atoms with Crippen LogP contribution in [0.15, 0.2) is 65.6 Å². The summed E-state index contributed by atoms with van der Waals surface area (Å²) < 4.78 is 29.2. The van der Waals surface area contributed by atoms with Gasteiger partial charge in [-0.25, -0.2) is 8.42 Å². The third kappa shape index (κ3) is 8.03. The Balaban J connectivity index is 2.06. The van der Waals surface area contributed by atoms with Gasteiger partial charge < -0.3 is 10.2 Å². The molecule has 41 heavy (non-hydrogen) atoms. The second-order valence-corrected chi connectivity index (χ2v) is 12.8. The average molecular weight is 619 g/mol. The van der Waals surface area contributed by atoms with Crippen LogP contribution in [0.2, 0.25) is 10.0 Å². The molecule has 0 spiro atoms. The molecule has 0 heterocycles. The fourth-order valence-corrected chi connectivity index (χ4v) is 6.25. The summed E-state index contributed by atoms with van der Waals surface area (Å²) in [5.74, 6) is -0.887. The molecular weight excluding hydrogens is 581 g/mol. The van der Waals surface area contributed by atoms with Crippen LogP contribution < -0.4 is 9.62 Å². The molecule has 3 rings (SSSR count). The number of sulfonamides is 1. The Hall–Kier alpha value is -3.07. The van der Waals surface area contributed by atoms with E-state index in [1.165, 1.54) is 17.0 Å². The Morgan fingerprint density at radius 1 is 0.976 bits per heavy atom. The molecule has 7 nitrogen and oxygen atoms in total. The molecule has 0 fully saturated rings. The molecule has 220 valence electrons. The molecule has 0 aromatic heterocycles. The molecule has 0 aliphatic heterocycles. The Morgan fingerprint density at radius 2 is 1.66 bits per heavy atom. The number of halogens is 2. The third-order valence-electron chi connectivity index (χ3n) is 7.09. The van der Waals surface area contributed by atoms with E-state index in [0.717, 1.165) is 33.8 Å². The maximum atomic E-state index is 14.1. The number of aryl methyl sites for hydroxylation is 2. The van der Waals surface area contributed by atoms with Crippen LogP contribution in [0, 0.1) is 20.8 Å². The van der Waals surface area contributed by atoms with Gasteiger partial charge in [0.25, 0.3) is 10.0 Å². The van der Waals surface area contributed by atoms with Gasteiger partial charge in [0.05, 0.1) is 10.6 Å². The van der Waals surface area contributed by atoms with Crippen molar-refractivity contribution in [2.24, 2.45) is 0 Å². The number of nitrogens with zero attached hydrogens (tertiary/aromatic N) is 2. The quantitative estimate of drug-likeness (QED) is 0.237. The van der Waals surface area contributed by atoms with Crippen LogP contribution in [0.5, 0.6) is 0 Å². The van der Waals surface area contributed by atoms with Crippen LogP contribution in [0.1, 0.15) is 48.9 Å². The van der Waals surface area contributed by atoms with Crippen molar-refractivity contribution in [3.05, 3.63) is 93.0 Å². The molecule has 0 saturated carbocycles. The van der Waals surface area contributed by atoms with E-state index < -0.39 is 28.5 Å². The molecule has 0 aliphatic rings. The van der Waals surface area contributed by atoms with E-state index in [1.54, 1.807) is 49.4 Å². The van der Waals surface area contributed by atoms with Gasteiger partial charge in [-0.15, -0.1) is 0 Å². The number of carbonyl (C=O) groups excluding carboxylic acids is 2. The van der Waals surface area contributed by atoms with Crippen LogP contribution >= 0.6 is 23.2 Å². The summed E-state index contributed by atoms with van der Waals surface area (Å²) in [6.45, 7) is 9.16.